The zero-order valence-corrected chi connectivity index (χ0v) is 16.5. The summed E-state index contributed by atoms with van der Waals surface area (Å²) < 4.78 is 5.84. The predicted octanol–water partition coefficient (Wildman–Crippen LogP) is 2.75. The number of ether oxygens (including phenoxy) is 1. The number of benzene rings is 2. The fourth-order valence-electron chi connectivity index (χ4n) is 3.03. The summed E-state index contributed by atoms with van der Waals surface area (Å²) in [6.45, 7) is 3.44. The Balaban J connectivity index is 1.65. The van der Waals surface area contributed by atoms with Crippen molar-refractivity contribution in [3.63, 3.8) is 0 Å². The molecule has 0 spiro atoms. The number of fused-ring (bicyclic) bond motifs is 1. The maximum atomic E-state index is 12.5. The van der Waals surface area contributed by atoms with Gasteiger partial charge in [0.05, 0.1) is 18.8 Å². The maximum absolute atomic E-state index is 12.5. The monoisotopic (exact) mass is 401 g/mol. The lowest BCUT2D eigenvalue weighted by Crippen LogP contribution is -2.51. The third-order valence-corrected chi connectivity index (χ3v) is 4.65. The highest BCUT2D eigenvalue weighted by molar-refractivity contribution is 6.30. The summed E-state index contributed by atoms with van der Waals surface area (Å²) in [5.74, 6) is 0.304. The van der Waals surface area contributed by atoms with Crippen LogP contribution in [0, 0.1) is 0 Å². The first kappa shape index (κ1) is 20.0. The highest BCUT2D eigenvalue weighted by Crippen LogP contribution is 2.32. The molecular weight excluding hydrogens is 378 g/mol. The van der Waals surface area contributed by atoms with Crippen LogP contribution in [0.2, 0.25) is 5.02 Å². The van der Waals surface area contributed by atoms with Crippen LogP contribution >= 0.6 is 11.6 Å². The Bertz CT molecular complexity index is 843. The molecule has 0 bridgehead atoms. The average Bonchev–Trinajstić information content (AvgIpc) is 2.70. The second-order valence-electron chi connectivity index (χ2n) is 6.65. The zero-order valence-electron chi connectivity index (χ0n) is 15.8. The standard InChI is InChI=1S/C21H24ClN3O3/c1-2-10-23-21(27)19-13-25(17-8-3-4-9-18(17)28-19)14-20(26)24-12-15-6-5-7-16(22)11-15/h3-9,11,19H,2,10,12-14H2,1H3,(H,23,27)(H,24,26)/t19-/m0/s1. The molecule has 1 aliphatic heterocycles. The number of halogens is 1. The van der Waals surface area contributed by atoms with E-state index >= 15 is 0 Å². The molecule has 0 saturated carbocycles. The summed E-state index contributed by atoms with van der Waals surface area (Å²) in [5, 5.41) is 6.39. The first-order valence-corrected chi connectivity index (χ1v) is 9.74. The number of carbonyl (C=O) groups is 2. The van der Waals surface area contributed by atoms with E-state index in [0.717, 1.165) is 17.7 Å². The second kappa shape index (κ2) is 9.46. The van der Waals surface area contributed by atoms with Gasteiger partial charge in [-0.3, -0.25) is 9.59 Å². The molecule has 2 aromatic carbocycles. The van der Waals surface area contributed by atoms with E-state index in [4.69, 9.17) is 16.3 Å². The quantitative estimate of drug-likeness (QED) is 0.748. The van der Waals surface area contributed by atoms with Gasteiger partial charge in [0, 0.05) is 18.1 Å². The zero-order chi connectivity index (χ0) is 19.9. The third-order valence-electron chi connectivity index (χ3n) is 4.42. The molecule has 3 rings (SSSR count). The highest BCUT2D eigenvalue weighted by Gasteiger charge is 2.31. The lowest BCUT2D eigenvalue weighted by molar-refractivity contribution is -0.128. The normalized spacial score (nSPS) is 15.4. The second-order valence-corrected chi connectivity index (χ2v) is 7.09. The molecule has 2 N–H and O–H groups in total. The van der Waals surface area contributed by atoms with Gasteiger partial charge in [-0.2, -0.15) is 0 Å². The van der Waals surface area contributed by atoms with Gasteiger partial charge in [-0.1, -0.05) is 42.8 Å². The van der Waals surface area contributed by atoms with E-state index in [1.165, 1.54) is 0 Å². The van der Waals surface area contributed by atoms with Crippen LogP contribution in [0.3, 0.4) is 0 Å². The van der Waals surface area contributed by atoms with Gasteiger partial charge in [0.2, 0.25) is 5.91 Å². The topological polar surface area (TPSA) is 70.7 Å². The number of anilines is 1. The van der Waals surface area contributed by atoms with Gasteiger partial charge in [0.15, 0.2) is 6.10 Å². The molecule has 0 unspecified atom stereocenters. The van der Waals surface area contributed by atoms with Crippen molar-refractivity contribution in [1.82, 2.24) is 10.6 Å². The summed E-state index contributed by atoms with van der Waals surface area (Å²) in [6, 6.07) is 14.8. The lowest BCUT2D eigenvalue weighted by atomic mass is 10.1. The molecule has 1 atom stereocenters. The molecule has 1 aliphatic rings. The summed E-state index contributed by atoms with van der Waals surface area (Å²) in [6.07, 6.45) is 0.201. The molecular formula is C21H24ClN3O3. The van der Waals surface area contributed by atoms with E-state index in [1.807, 2.05) is 54.3 Å². The predicted molar refractivity (Wildman–Crippen MR) is 110 cm³/mol. The van der Waals surface area contributed by atoms with Crippen LogP contribution in [0.15, 0.2) is 48.5 Å². The van der Waals surface area contributed by atoms with Gasteiger partial charge in [-0.15, -0.1) is 0 Å². The first-order chi connectivity index (χ1) is 13.6. The van der Waals surface area contributed by atoms with Gasteiger partial charge < -0.3 is 20.3 Å². The minimum Gasteiger partial charge on any atom is -0.477 e. The summed E-state index contributed by atoms with van der Waals surface area (Å²) >= 11 is 5.98. The van der Waals surface area contributed by atoms with Crippen LogP contribution in [0.4, 0.5) is 5.69 Å². The van der Waals surface area contributed by atoms with Crippen LogP contribution in [-0.4, -0.2) is 37.6 Å². The molecule has 6 nitrogen and oxygen atoms in total. The number of carbonyl (C=O) groups excluding carboxylic acids is 2. The van der Waals surface area contributed by atoms with Crippen molar-refractivity contribution in [3.8, 4) is 5.75 Å². The molecule has 0 aliphatic carbocycles. The van der Waals surface area contributed by atoms with E-state index < -0.39 is 6.10 Å². The number of nitrogens with one attached hydrogen (secondary N) is 2. The van der Waals surface area contributed by atoms with Crippen LogP contribution < -0.4 is 20.3 Å². The maximum Gasteiger partial charge on any atom is 0.262 e. The SMILES string of the molecule is CCCNC(=O)[C@@H]1CN(CC(=O)NCc2cccc(Cl)c2)c2ccccc2O1. The Labute approximate surface area is 169 Å². The van der Waals surface area contributed by atoms with Gasteiger partial charge in [-0.25, -0.2) is 0 Å². The number of para-hydroxylation sites is 2. The molecule has 2 amide bonds. The lowest BCUT2D eigenvalue weighted by Gasteiger charge is -2.35. The van der Waals surface area contributed by atoms with E-state index in [9.17, 15) is 9.59 Å². The molecule has 7 heteroatoms. The Kier molecular flexibility index (Phi) is 6.76. The molecule has 0 saturated heterocycles. The minimum atomic E-state index is -0.651. The molecule has 28 heavy (non-hydrogen) atoms. The van der Waals surface area contributed by atoms with Crippen molar-refractivity contribution in [2.24, 2.45) is 0 Å². The van der Waals surface area contributed by atoms with Crippen molar-refractivity contribution in [2.45, 2.75) is 26.0 Å². The van der Waals surface area contributed by atoms with Crippen LogP contribution in [0.1, 0.15) is 18.9 Å². The Morgan fingerprint density at radius 3 is 2.79 bits per heavy atom. The molecule has 0 aromatic heterocycles. The Hall–Kier alpha value is -2.73. The third kappa shape index (κ3) is 5.16. The van der Waals surface area contributed by atoms with Crippen molar-refractivity contribution < 1.29 is 14.3 Å². The molecule has 2 aromatic rings. The van der Waals surface area contributed by atoms with Crippen molar-refractivity contribution >= 4 is 29.1 Å². The van der Waals surface area contributed by atoms with E-state index in [1.54, 1.807) is 6.07 Å². The fraction of sp³-hybridized carbons (Fsp3) is 0.333. The number of hydrogen-bond acceptors (Lipinski definition) is 4. The van der Waals surface area contributed by atoms with Crippen LogP contribution in [0.5, 0.6) is 5.75 Å². The Morgan fingerprint density at radius 1 is 1.18 bits per heavy atom. The van der Waals surface area contributed by atoms with Crippen molar-refractivity contribution in [1.29, 1.82) is 0 Å². The van der Waals surface area contributed by atoms with Gasteiger partial charge >= 0.3 is 0 Å². The van der Waals surface area contributed by atoms with Gasteiger partial charge in [-0.05, 0) is 36.2 Å². The first-order valence-electron chi connectivity index (χ1n) is 9.36. The number of amides is 2. The Morgan fingerprint density at radius 2 is 2.00 bits per heavy atom. The highest BCUT2D eigenvalue weighted by atomic mass is 35.5. The summed E-state index contributed by atoms with van der Waals surface area (Å²) in [7, 11) is 0. The summed E-state index contributed by atoms with van der Waals surface area (Å²) in [5.41, 5.74) is 1.74. The van der Waals surface area contributed by atoms with Gasteiger partial charge in [0.1, 0.15) is 5.75 Å². The molecule has 148 valence electrons. The van der Waals surface area contributed by atoms with E-state index in [0.29, 0.717) is 30.4 Å². The number of hydrogen-bond donors (Lipinski definition) is 2. The van der Waals surface area contributed by atoms with Crippen molar-refractivity contribution in [3.05, 3.63) is 59.1 Å². The molecule has 1 heterocycles. The smallest absolute Gasteiger partial charge is 0.262 e. The van der Waals surface area contributed by atoms with Crippen molar-refractivity contribution in [2.75, 3.05) is 24.5 Å². The average molecular weight is 402 g/mol. The fourth-order valence-corrected chi connectivity index (χ4v) is 3.25. The largest absolute Gasteiger partial charge is 0.477 e. The molecule has 0 fully saturated rings. The van der Waals surface area contributed by atoms with E-state index in [2.05, 4.69) is 10.6 Å². The molecule has 0 radical (unpaired) electrons. The van der Waals surface area contributed by atoms with Crippen LogP contribution in [0.25, 0.3) is 0 Å². The minimum absolute atomic E-state index is 0.135. The summed E-state index contributed by atoms with van der Waals surface area (Å²) in [4.78, 5) is 26.7. The number of nitrogens with zero attached hydrogens (tertiary/aromatic N) is 1. The van der Waals surface area contributed by atoms with E-state index in [-0.39, 0.29) is 18.4 Å². The number of rotatable bonds is 7. The van der Waals surface area contributed by atoms with Crippen LogP contribution in [-0.2, 0) is 16.1 Å². The van der Waals surface area contributed by atoms with Gasteiger partial charge in [0.25, 0.3) is 5.91 Å².